The Labute approximate surface area is 123 Å². The van der Waals surface area contributed by atoms with Crippen LogP contribution in [-0.4, -0.2) is 54.0 Å². The van der Waals surface area contributed by atoms with Crippen molar-refractivity contribution in [1.82, 2.24) is 9.88 Å². The second kappa shape index (κ2) is 5.11. The summed E-state index contributed by atoms with van der Waals surface area (Å²) in [6.07, 6.45) is 2.85. The molecular weight excluding hydrogens is 270 g/mol. The third kappa shape index (κ3) is 2.63. The van der Waals surface area contributed by atoms with Gasteiger partial charge in [0.15, 0.2) is 5.78 Å². The highest BCUT2D eigenvalue weighted by atomic mass is 16.6. The summed E-state index contributed by atoms with van der Waals surface area (Å²) in [5.41, 5.74) is 0.158. The van der Waals surface area contributed by atoms with E-state index < -0.39 is 0 Å². The largest absolute Gasteiger partial charge is 0.440 e. The Morgan fingerprint density at radius 2 is 2.05 bits per heavy atom. The molecule has 1 amide bonds. The minimum absolute atomic E-state index is 0.0372. The van der Waals surface area contributed by atoms with E-state index in [9.17, 15) is 9.59 Å². The molecule has 3 rings (SSSR count). The van der Waals surface area contributed by atoms with E-state index in [1.807, 2.05) is 0 Å². The van der Waals surface area contributed by atoms with E-state index in [1.165, 1.54) is 13.1 Å². The van der Waals surface area contributed by atoms with Crippen molar-refractivity contribution in [3.05, 3.63) is 23.9 Å². The summed E-state index contributed by atoms with van der Waals surface area (Å²) in [5.74, 6) is 0.505. The van der Waals surface area contributed by atoms with Gasteiger partial charge < -0.3 is 9.64 Å². The number of anilines is 1. The molecule has 1 aromatic heterocycles. The lowest BCUT2D eigenvalue weighted by Gasteiger charge is -2.35. The number of nitrogens with zero attached hydrogens (tertiary/aromatic N) is 3. The van der Waals surface area contributed by atoms with Crippen molar-refractivity contribution in [3.63, 3.8) is 0 Å². The lowest BCUT2D eigenvalue weighted by Crippen LogP contribution is -2.45. The zero-order valence-corrected chi connectivity index (χ0v) is 12.3. The molecule has 0 atom stereocenters. The van der Waals surface area contributed by atoms with Gasteiger partial charge in [-0.05, 0) is 26.1 Å². The number of aromatic nitrogens is 1. The van der Waals surface area contributed by atoms with E-state index in [0.29, 0.717) is 17.9 Å². The van der Waals surface area contributed by atoms with Crippen molar-refractivity contribution < 1.29 is 14.3 Å². The Balaban J connectivity index is 1.77. The van der Waals surface area contributed by atoms with Gasteiger partial charge in [-0.25, -0.2) is 9.78 Å². The van der Waals surface area contributed by atoms with Gasteiger partial charge in [-0.15, -0.1) is 0 Å². The molecular formula is C15H19N3O3. The lowest BCUT2D eigenvalue weighted by molar-refractivity contribution is 0.00678. The number of amides is 1. The quantitative estimate of drug-likeness (QED) is 0.776. The first-order valence-electron chi connectivity index (χ1n) is 7.15. The summed E-state index contributed by atoms with van der Waals surface area (Å²) in [5, 5.41) is 0. The maximum absolute atomic E-state index is 12.1. The molecule has 2 aliphatic rings. The fraction of sp³-hybridized carbons (Fsp3) is 0.533. The molecule has 0 aliphatic carbocycles. The molecule has 2 saturated heterocycles. The molecule has 0 radical (unpaired) electrons. The zero-order chi connectivity index (χ0) is 15.0. The molecule has 0 N–H and O–H groups in total. The van der Waals surface area contributed by atoms with Crippen LogP contribution in [0.4, 0.5) is 10.6 Å². The molecule has 1 aromatic rings. The van der Waals surface area contributed by atoms with Crippen LogP contribution in [-0.2, 0) is 4.74 Å². The van der Waals surface area contributed by atoms with Gasteiger partial charge in [-0.2, -0.15) is 0 Å². The molecule has 1 spiro atoms. The number of piperidine rings is 1. The van der Waals surface area contributed by atoms with E-state index in [4.69, 9.17) is 4.74 Å². The van der Waals surface area contributed by atoms with Gasteiger partial charge >= 0.3 is 6.09 Å². The van der Waals surface area contributed by atoms with Gasteiger partial charge in [-0.3, -0.25) is 9.69 Å². The fourth-order valence-electron chi connectivity index (χ4n) is 2.84. The fourth-order valence-corrected chi connectivity index (χ4v) is 2.84. The molecule has 0 bridgehead atoms. The third-order valence-corrected chi connectivity index (χ3v) is 4.30. The van der Waals surface area contributed by atoms with Crippen LogP contribution in [0.1, 0.15) is 30.1 Å². The molecule has 6 nitrogen and oxygen atoms in total. The summed E-state index contributed by atoms with van der Waals surface area (Å²) >= 11 is 0. The number of carbonyl (C=O) groups is 2. The lowest BCUT2D eigenvalue weighted by atomic mass is 9.91. The van der Waals surface area contributed by atoms with Crippen LogP contribution in [0.25, 0.3) is 0 Å². The average molecular weight is 289 g/mol. The highest BCUT2D eigenvalue weighted by Gasteiger charge is 2.47. The number of hydrogen-bond acceptors (Lipinski definition) is 5. The zero-order valence-electron chi connectivity index (χ0n) is 12.3. The molecule has 2 aliphatic heterocycles. The van der Waals surface area contributed by atoms with Gasteiger partial charge in [0.05, 0.1) is 6.54 Å². The number of Topliss-reactive ketones (excluding diaryl/α,β-unsaturated/α-hetero) is 1. The second-order valence-corrected chi connectivity index (χ2v) is 5.90. The van der Waals surface area contributed by atoms with Crippen LogP contribution in [0.15, 0.2) is 18.3 Å². The molecule has 112 valence electrons. The number of rotatable bonds is 2. The Bertz CT molecular complexity index is 562. The Kier molecular flexibility index (Phi) is 3.41. The Morgan fingerprint density at radius 1 is 1.33 bits per heavy atom. The SMILES string of the molecule is CC(=O)c1ccc(N2CC3(CCN(C)CC3)OC2=O)nc1. The Hall–Kier alpha value is -1.95. The molecule has 6 heteroatoms. The number of ketones is 1. The first-order chi connectivity index (χ1) is 9.99. The normalized spacial score (nSPS) is 21.6. The van der Waals surface area contributed by atoms with Crippen molar-refractivity contribution >= 4 is 17.7 Å². The van der Waals surface area contributed by atoms with E-state index >= 15 is 0 Å². The van der Waals surface area contributed by atoms with Gasteiger partial charge in [0.1, 0.15) is 11.4 Å². The highest BCUT2D eigenvalue weighted by molar-refractivity contribution is 5.94. The maximum atomic E-state index is 12.1. The van der Waals surface area contributed by atoms with E-state index in [-0.39, 0.29) is 17.5 Å². The summed E-state index contributed by atoms with van der Waals surface area (Å²) in [6, 6.07) is 3.39. The second-order valence-electron chi connectivity index (χ2n) is 5.90. The van der Waals surface area contributed by atoms with Crippen molar-refractivity contribution in [2.75, 3.05) is 31.6 Å². The minimum atomic E-state index is -0.384. The number of pyridine rings is 1. The maximum Gasteiger partial charge on any atom is 0.416 e. The monoisotopic (exact) mass is 289 g/mol. The van der Waals surface area contributed by atoms with Gasteiger partial charge in [-0.1, -0.05) is 0 Å². The first kappa shape index (κ1) is 14.0. The molecule has 0 unspecified atom stereocenters. The predicted octanol–water partition coefficient (Wildman–Crippen LogP) is 1.71. The van der Waals surface area contributed by atoms with Crippen LogP contribution in [0.5, 0.6) is 0 Å². The van der Waals surface area contributed by atoms with Crippen molar-refractivity contribution in [1.29, 1.82) is 0 Å². The van der Waals surface area contributed by atoms with E-state index in [1.54, 1.807) is 17.0 Å². The average Bonchev–Trinajstić information content (AvgIpc) is 2.79. The minimum Gasteiger partial charge on any atom is -0.440 e. The molecule has 0 aromatic carbocycles. The predicted molar refractivity (Wildman–Crippen MR) is 77.5 cm³/mol. The van der Waals surface area contributed by atoms with Crippen LogP contribution in [0.3, 0.4) is 0 Å². The number of hydrogen-bond donors (Lipinski definition) is 0. The van der Waals surface area contributed by atoms with Crippen molar-refractivity contribution in [3.8, 4) is 0 Å². The van der Waals surface area contributed by atoms with Gasteiger partial charge in [0.25, 0.3) is 0 Å². The summed E-state index contributed by atoms with van der Waals surface area (Å²) in [4.78, 5) is 31.4. The first-order valence-corrected chi connectivity index (χ1v) is 7.15. The molecule has 0 saturated carbocycles. The standard InChI is InChI=1S/C15H19N3O3/c1-11(19)12-3-4-13(16-9-12)18-10-15(21-14(18)20)5-7-17(2)8-6-15/h3-4,9H,5-8,10H2,1-2H3. The van der Waals surface area contributed by atoms with Crippen molar-refractivity contribution in [2.24, 2.45) is 0 Å². The third-order valence-electron chi connectivity index (χ3n) is 4.30. The van der Waals surface area contributed by atoms with Crippen LogP contribution in [0, 0.1) is 0 Å². The summed E-state index contributed by atoms with van der Waals surface area (Å²) in [7, 11) is 2.07. The molecule has 3 heterocycles. The van der Waals surface area contributed by atoms with Gasteiger partial charge in [0.2, 0.25) is 0 Å². The number of ether oxygens (including phenoxy) is 1. The summed E-state index contributed by atoms with van der Waals surface area (Å²) < 4.78 is 5.64. The van der Waals surface area contributed by atoms with Gasteiger partial charge in [0, 0.05) is 37.7 Å². The van der Waals surface area contributed by atoms with E-state index in [2.05, 4.69) is 16.9 Å². The topological polar surface area (TPSA) is 62.7 Å². The Morgan fingerprint density at radius 3 is 2.62 bits per heavy atom. The number of carbonyl (C=O) groups excluding carboxylic acids is 2. The van der Waals surface area contributed by atoms with Crippen LogP contribution < -0.4 is 4.90 Å². The van der Waals surface area contributed by atoms with Crippen LogP contribution >= 0.6 is 0 Å². The van der Waals surface area contributed by atoms with Crippen molar-refractivity contribution in [2.45, 2.75) is 25.4 Å². The summed E-state index contributed by atoms with van der Waals surface area (Å²) in [6.45, 7) is 3.88. The van der Waals surface area contributed by atoms with E-state index in [0.717, 1.165) is 25.9 Å². The molecule has 2 fully saturated rings. The number of likely N-dealkylation sites (tertiary alicyclic amines) is 1. The van der Waals surface area contributed by atoms with Crippen LogP contribution in [0.2, 0.25) is 0 Å². The molecule has 21 heavy (non-hydrogen) atoms. The highest BCUT2D eigenvalue weighted by Crippen LogP contribution is 2.34. The smallest absolute Gasteiger partial charge is 0.416 e.